The number of aliphatic imine (C=N–C) groups is 1. The standard InChI is InChI=1S/C23H23NO3S/c1-3-27-23(26)20-14(2)24-17-12-16(15-8-5-4-6-9-15)13-18(25)21(17)22(20)19-10-7-11-28-19/h4-11,16,20,22H,3,12-13H2,1-2H3/t16-,20?,22+/m0/s1. The highest BCUT2D eigenvalue weighted by atomic mass is 32.1. The Balaban J connectivity index is 1.77. The number of esters is 1. The largest absolute Gasteiger partial charge is 0.465 e. The first-order chi connectivity index (χ1) is 13.6. The monoisotopic (exact) mass is 393 g/mol. The molecule has 0 spiro atoms. The molecule has 0 bridgehead atoms. The number of nitrogens with zero attached hydrogens (tertiary/aromatic N) is 1. The van der Waals surface area contributed by atoms with E-state index in [0.717, 1.165) is 28.3 Å². The van der Waals surface area contributed by atoms with Gasteiger partial charge in [0.25, 0.3) is 0 Å². The third-order valence-electron chi connectivity index (χ3n) is 5.55. The maximum atomic E-state index is 13.3. The molecular weight excluding hydrogens is 370 g/mol. The van der Waals surface area contributed by atoms with Crippen LogP contribution >= 0.6 is 11.3 Å². The molecule has 2 aromatic rings. The Morgan fingerprint density at radius 2 is 1.96 bits per heavy atom. The zero-order chi connectivity index (χ0) is 19.7. The number of ketones is 1. The van der Waals surface area contributed by atoms with Crippen LogP contribution in [0.1, 0.15) is 49.0 Å². The average molecular weight is 394 g/mol. The lowest BCUT2D eigenvalue weighted by atomic mass is 9.71. The van der Waals surface area contributed by atoms with Crippen molar-refractivity contribution >= 4 is 28.8 Å². The van der Waals surface area contributed by atoms with Gasteiger partial charge in [0.1, 0.15) is 5.92 Å². The van der Waals surface area contributed by atoms with Gasteiger partial charge in [-0.3, -0.25) is 14.6 Å². The number of rotatable bonds is 4. The summed E-state index contributed by atoms with van der Waals surface area (Å²) >= 11 is 1.58. The van der Waals surface area contributed by atoms with Gasteiger partial charge in [0.15, 0.2) is 5.78 Å². The van der Waals surface area contributed by atoms with Crippen LogP contribution < -0.4 is 0 Å². The van der Waals surface area contributed by atoms with E-state index in [9.17, 15) is 9.59 Å². The van der Waals surface area contributed by atoms with Gasteiger partial charge in [-0.05, 0) is 43.2 Å². The first-order valence-electron chi connectivity index (χ1n) is 9.66. The summed E-state index contributed by atoms with van der Waals surface area (Å²) < 4.78 is 5.34. The van der Waals surface area contributed by atoms with Gasteiger partial charge in [-0.25, -0.2) is 0 Å². The second-order valence-electron chi connectivity index (χ2n) is 7.28. The highest BCUT2D eigenvalue weighted by Crippen LogP contribution is 2.47. The van der Waals surface area contributed by atoms with E-state index >= 15 is 0 Å². The minimum absolute atomic E-state index is 0.0963. The Kier molecular flexibility index (Phi) is 5.27. The summed E-state index contributed by atoms with van der Waals surface area (Å²) in [5.41, 5.74) is 3.44. The fraction of sp³-hybridized carbons (Fsp3) is 0.348. The normalized spacial score (nSPS) is 24.6. The first kappa shape index (κ1) is 18.8. The molecule has 2 heterocycles. The molecular formula is C23H23NO3S. The van der Waals surface area contributed by atoms with Crippen molar-refractivity contribution < 1.29 is 14.3 Å². The van der Waals surface area contributed by atoms with Gasteiger partial charge in [0.2, 0.25) is 0 Å². The maximum Gasteiger partial charge on any atom is 0.315 e. The van der Waals surface area contributed by atoms with Gasteiger partial charge in [-0.15, -0.1) is 11.3 Å². The zero-order valence-electron chi connectivity index (χ0n) is 16.1. The minimum Gasteiger partial charge on any atom is -0.465 e. The van der Waals surface area contributed by atoms with Crippen molar-refractivity contribution in [3.63, 3.8) is 0 Å². The fourth-order valence-electron chi connectivity index (χ4n) is 4.33. The van der Waals surface area contributed by atoms with Gasteiger partial charge in [0.05, 0.1) is 6.61 Å². The molecule has 28 heavy (non-hydrogen) atoms. The predicted molar refractivity (Wildman–Crippen MR) is 111 cm³/mol. The van der Waals surface area contributed by atoms with Crippen molar-refractivity contribution in [1.82, 2.24) is 0 Å². The Bertz CT molecular complexity index is 943. The van der Waals surface area contributed by atoms with Crippen LogP contribution in [0.5, 0.6) is 0 Å². The van der Waals surface area contributed by atoms with Gasteiger partial charge < -0.3 is 4.74 Å². The molecule has 0 N–H and O–H groups in total. The molecule has 4 nitrogen and oxygen atoms in total. The first-order valence-corrected chi connectivity index (χ1v) is 10.5. The van der Waals surface area contributed by atoms with E-state index < -0.39 is 5.92 Å². The lowest BCUT2D eigenvalue weighted by molar-refractivity contribution is -0.146. The molecule has 0 saturated carbocycles. The van der Waals surface area contributed by atoms with Crippen LogP contribution in [0.15, 0.2) is 64.1 Å². The molecule has 0 fully saturated rings. The summed E-state index contributed by atoms with van der Waals surface area (Å²) in [4.78, 5) is 31.8. The molecule has 0 amide bonds. The van der Waals surface area contributed by atoms with Crippen LogP contribution in [0, 0.1) is 5.92 Å². The molecule has 0 saturated heterocycles. The number of hydrogen-bond donors (Lipinski definition) is 0. The number of carbonyl (C=O) groups excluding carboxylic acids is 2. The summed E-state index contributed by atoms with van der Waals surface area (Å²) in [5.74, 6) is -0.900. The van der Waals surface area contributed by atoms with Crippen molar-refractivity contribution in [1.29, 1.82) is 0 Å². The molecule has 1 unspecified atom stereocenters. The molecule has 144 valence electrons. The summed E-state index contributed by atoms with van der Waals surface area (Å²) in [6, 6.07) is 14.1. The number of hydrogen-bond acceptors (Lipinski definition) is 5. The predicted octanol–water partition coefficient (Wildman–Crippen LogP) is 4.89. The van der Waals surface area contributed by atoms with Crippen LogP contribution in [0.3, 0.4) is 0 Å². The van der Waals surface area contributed by atoms with E-state index in [4.69, 9.17) is 9.73 Å². The lowest BCUT2D eigenvalue weighted by Gasteiger charge is -2.35. The summed E-state index contributed by atoms with van der Waals surface area (Å²) in [7, 11) is 0. The van der Waals surface area contributed by atoms with Crippen molar-refractivity contribution in [2.75, 3.05) is 6.61 Å². The molecule has 4 rings (SSSR count). The fourth-order valence-corrected chi connectivity index (χ4v) is 5.21. The number of thiophene rings is 1. The second kappa shape index (κ2) is 7.84. The number of Topliss-reactive ketones (excluding diaryl/α,β-unsaturated/α-hetero) is 1. The van der Waals surface area contributed by atoms with E-state index in [2.05, 4.69) is 12.1 Å². The van der Waals surface area contributed by atoms with Crippen LogP contribution in [-0.2, 0) is 14.3 Å². The number of ether oxygens (including phenoxy) is 1. The summed E-state index contributed by atoms with van der Waals surface area (Å²) in [6.45, 7) is 3.99. The molecule has 3 atom stereocenters. The van der Waals surface area contributed by atoms with E-state index in [0.29, 0.717) is 18.6 Å². The van der Waals surface area contributed by atoms with Gasteiger partial charge >= 0.3 is 5.97 Å². The molecule has 1 aromatic carbocycles. The zero-order valence-corrected chi connectivity index (χ0v) is 16.9. The quantitative estimate of drug-likeness (QED) is 0.695. The molecule has 1 aliphatic heterocycles. The average Bonchev–Trinajstić information content (AvgIpc) is 3.22. The van der Waals surface area contributed by atoms with Gasteiger partial charge in [-0.1, -0.05) is 36.4 Å². The number of benzene rings is 1. The van der Waals surface area contributed by atoms with E-state index in [1.54, 1.807) is 18.3 Å². The van der Waals surface area contributed by atoms with E-state index in [1.807, 2.05) is 42.6 Å². The Hall–Kier alpha value is -2.53. The Morgan fingerprint density at radius 1 is 1.18 bits per heavy atom. The molecule has 1 aromatic heterocycles. The van der Waals surface area contributed by atoms with E-state index in [-0.39, 0.29) is 23.6 Å². The Labute approximate surface area is 169 Å². The smallest absolute Gasteiger partial charge is 0.315 e. The van der Waals surface area contributed by atoms with Crippen LogP contribution in [0.2, 0.25) is 0 Å². The van der Waals surface area contributed by atoms with Crippen molar-refractivity contribution in [3.8, 4) is 0 Å². The van der Waals surface area contributed by atoms with Crippen LogP contribution in [0.25, 0.3) is 0 Å². The third-order valence-corrected chi connectivity index (χ3v) is 6.51. The Morgan fingerprint density at radius 3 is 2.64 bits per heavy atom. The number of carbonyl (C=O) groups is 2. The van der Waals surface area contributed by atoms with Crippen LogP contribution in [-0.4, -0.2) is 24.1 Å². The molecule has 1 aliphatic carbocycles. The topological polar surface area (TPSA) is 55.7 Å². The van der Waals surface area contributed by atoms with Crippen molar-refractivity contribution in [2.24, 2.45) is 10.9 Å². The third kappa shape index (κ3) is 3.35. The second-order valence-corrected chi connectivity index (χ2v) is 8.25. The van der Waals surface area contributed by atoms with Crippen LogP contribution in [0.4, 0.5) is 0 Å². The van der Waals surface area contributed by atoms with Gasteiger partial charge in [-0.2, -0.15) is 0 Å². The minimum atomic E-state index is -0.533. The summed E-state index contributed by atoms with van der Waals surface area (Å²) in [6.07, 6.45) is 1.18. The van der Waals surface area contributed by atoms with E-state index in [1.165, 1.54) is 0 Å². The highest BCUT2D eigenvalue weighted by Gasteiger charge is 2.45. The number of allylic oxidation sites excluding steroid dienone is 2. The summed E-state index contributed by atoms with van der Waals surface area (Å²) in [5, 5.41) is 1.99. The van der Waals surface area contributed by atoms with Crippen molar-refractivity contribution in [2.45, 2.75) is 38.5 Å². The van der Waals surface area contributed by atoms with Gasteiger partial charge in [0, 0.05) is 34.2 Å². The van der Waals surface area contributed by atoms with Crippen molar-refractivity contribution in [3.05, 3.63) is 69.6 Å². The molecule has 2 aliphatic rings. The highest BCUT2D eigenvalue weighted by molar-refractivity contribution is 7.10. The maximum absolute atomic E-state index is 13.3. The SMILES string of the molecule is CCOC(=O)C1C(C)=NC2=C(C(=O)C[C@@H](c3ccccc3)C2)[C@@H]1c1cccs1. The molecule has 5 heteroatoms. The molecule has 0 radical (unpaired) electrons. The lowest BCUT2D eigenvalue weighted by Crippen LogP contribution is -2.37.